The van der Waals surface area contributed by atoms with Gasteiger partial charge in [0.1, 0.15) is 0 Å². The molecule has 1 fully saturated rings. The molecule has 0 spiro atoms. The summed E-state index contributed by atoms with van der Waals surface area (Å²) < 4.78 is 0. The highest BCUT2D eigenvalue weighted by molar-refractivity contribution is 5.84. The Kier molecular flexibility index (Phi) is 3.28. The van der Waals surface area contributed by atoms with E-state index >= 15 is 0 Å². The summed E-state index contributed by atoms with van der Waals surface area (Å²) in [6.45, 7) is 0. The van der Waals surface area contributed by atoms with E-state index in [1.807, 2.05) is 0 Å². The summed E-state index contributed by atoms with van der Waals surface area (Å²) >= 11 is 0. The number of carbonyl (C=O) groups excluding carboxylic acids is 1. The van der Waals surface area contributed by atoms with Crippen LogP contribution in [0.2, 0.25) is 0 Å². The van der Waals surface area contributed by atoms with Gasteiger partial charge >= 0.3 is 5.97 Å². The first kappa shape index (κ1) is 10.0. The van der Waals surface area contributed by atoms with E-state index in [1.54, 1.807) is 7.05 Å². The van der Waals surface area contributed by atoms with Crippen LogP contribution in [0.5, 0.6) is 0 Å². The average molecular weight is 185 g/mol. The predicted molar refractivity (Wildman–Crippen MR) is 47.2 cm³/mol. The summed E-state index contributed by atoms with van der Waals surface area (Å²) in [4.78, 5) is 22.1. The lowest BCUT2D eigenvalue weighted by atomic mass is 9.79. The van der Waals surface area contributed by atoms with Crippen LogP contribution < -0.4 is 5.32 Å². The largest absolute Gasteiger partial charge is 0.481 e. The molecular weight excluding hydrogens is 170 g/mol. The Morgan fingerprint density at radius 1 is 1.23 bits per heavy atom. The number of rotatable bonds is 2. The van der Waals surface area contributed by atoms with Gasteiger partial charge in [0.2, 0.25) is 5.91 Å². The lowest BCUT2D eigenvalue weighted by Crippen LogP contribution is -2.38. The van der Waals surface area contributed by atoms with Gasteiger partial charge in [-0.25, -0.2) is 0 Å². The summed E-state index contributed by atoms with van der Waals surface area (Å²) in [5, 5.41) is 11.4. The molecule has 1 aliphatic carbocycles. The highest BCUT2D eigenvalue weighted by atomic mass is 16.4. The maximum Gasteiger partial charge on any atom is 0.307 e. The van der Waals surface area contributed by atoms with Crippen LogP contribution >= 0.6 is 0 Å². The van der Waals surface area contributed by atoms with Gasteiger partial charge in [-0.05, 0) is 12.8 Å². The van der Waals surface area contributed by atoms with E-state index in [-0.39, 0.29) is 11.8 Å². The summed E-state index contributed by atoms with van der Waals surface area (Å²) in [5.41, 5.74) is 0. The molecule has 0 aromatic heterocycles. The number of aliphatic carboxylic acids is 1. The monoisotopic (exact) mass is 185 g/mol. The number of amides is 1. The van der Waals surface area contributed by atoms with E-state index in [2.05, 4.69) is 5.32 Å². The Balaban J connectivity index is 2.67. The van der Waals surface area contributed by atoms with Crippen LogP contribution in [0.3, 0.4) is 0 Å². The lowest BCUT2D eigenvalue weighted by Gasteiger charge is -2.26. The average Bonchev–Trinajstić information content (AvgIpc) is 2.16. The molecule has 1 rings (SSSR count). The fraction of sp³-hybridized carbons (Fsp3) is 0.778. The Labute approximate surface area is 77.3 Å². The van der Waals surface area contributed by atoms with Crippen molar-refractivity contribution < 1.29 is 14.7 Å². The van der Waals surface area contributed by atoms with Crippen molar-refractivity contribution in [3.05, 3.63) is 0 Å². The van der Waals surface area contributed by atoms with Crippen LogP contribution in [-0.4, -0.2) is 24.0 Å². The summed E-state index contributed by atoms with van der Waals surface area (Å²) in [6, 6.07) is 0. The van der Waals surface area contributed by atoms with E-state index in [1.165, 1.54) is 0 Å². The molecule has 74 valence electrons. The number of carbonyl (C=O) groups is 2. The van der Waals surface area contributed by atoms with E-state index < -0.39 is 11.9 Å². The molecule has 2 atom stereocenters. The van der Waals surface area contributed by atoms with Gasteiger partial charge in [0.15, 0.2) is 0 Å². The van der Waals surface area contributed by atoms with Crippen LogP contribution in [-0.2, 0) is 9.59 Å². The SMILES string of the molecule is CNC(=O)C1CCCCC1C(=O)O. The molecule has 1 amide bonds. The first-order valence-corrected chi connectivity index (χ1v) is 4.61. The standard InChI is InChI=1S/C9H15NO3/c1-10-8(11)6-4-2-3-5-7(6)9(12)13/h6-7H,2-5H2,1H3,(H,10,11)(H,12,13). The zero-order valence-corrected chi connectivity index (χ0v) is 7.75. The smallest absolute Gasteiger partial charge is 0.307 e. The number of hydrogen-bond acceptors (Lipinski definition) is 2. The van der Waals surface area contributed by atoms with Crippen molar-refractivity contribution in [2.24, 2.45) is 11.8 Å². The lowest BCUT2D eigenvalue weighted by molar-refractivity contribution is -0.148. The van der Waals surface area contributed by atoms with Gasteiger partial charge in [-0.15, -0.1) is 0 Å². The molecular formula is C9H15NO3. The quantitative estimate of drug-likeness (QED) is 0.662. The van der Waals surface area contributed by atoms with E-state index in [9.17, 15) is 9.59 Å². The van der Waals surface area contributed by atoms with Crippen molar-refractivity contribution in [2.75, 3.05) is 7.05 Å². The van der Waals surface area contributed by atoms with Gasteiger partial charge in [0, 0.05) is 7.05 Å². The molecule has 13 heavy (non-hydrogen) atoms. The van der Waals surface area contributed by atoms with Gasteiger partial charge in [-0.2, -0.15) is 0 Å². The Hall–Kier alpha value is -1.06. The molecule has 1 aliphatic rings. The highest BCUT2D eigenvalue weighted by Crippen LogP contribution is 2.30. The minimum Gasteiger partial charge on any atom is -0.481 e. The molecule has 2 unspecified atom stereocenters. The molecule has 0 aliphatic heterocycles. The Bertz CT molecular complexity index is 215. The molecule has 0 heterocycles. The van der Waals surface area contributed by atoms with Crippen molar-refractivity contribution in [1.82, 2.24) is 5.32 Å². The Morgan fingerprint density at radius 3 is 2.23 bits per heavy atom. The van der Waals surface area contributed by atoms with E-state index in [0.717, 1.165) is 12.8 Å². The molecule has 4 heteroatoms. The third-order valence-corrected chi connectivity index (χ3v) is 2.67. The fourth-order valence-electron chi connectivity index (χ4n) is 1.93. The second-order valence-electron chi connectivity index (χ2n) is 3.45. The normalized spacial score (nSPS) is 28.1. The van der Waals surface area contributed by atoms with Crippen molar-refractivity contribution in [2.45, 2.75) is 25.7 Å². The number of carboxylic acids is 1. The van der Waals surface area contributed by atoms with Gasteiger partial charge < -0.3 is 10.4 Å². The number of hydrogen-bond donors (Lipinski definition) is 2. The minimum atomic E-state index is -0.840. The Morgan fingerprint density at radius 2 is 1.77 bits per heavy atom. The molecule has 0 radical (unpaired) electrons. The van der Waals surface area contributed by atoms with Crippen LogP contribution in [0.15, 0.2) is 0 Å². The van der Waals surface area contributed by atoms with Crippen LogP contribution in [0.25, 0.3) is 0 Å². The van der Waals surface area contributed by atoms with E-state index in [0.29, 0.717) is 12.8 Å². The minimum absolute atomic E-state index is 0.132. The number of nitrogens with one attached hydrogen (secondary N) is 1. The van der Waals surface area contributed by atoms with Crippen molar-refractivity contribution in [1.29, 1.82) is 0 Å². The van der Waals surface area contributed by atoms with Crippen LogP contribution in [0.1, 0.15) is 25.7 Å². The third-order valence-electron chi connectivity index (χ3n) is 2.67. The van der Waals surface area contributed by atoms with Crippen LogP contribution in [0.4, 0.5) is 0 Å². The second-order valence-corrected chi connectivity index (χ2v) is 3.45. The topological polar surface area (TPSA) is 66.4 Å². The van der Waals surface area contributed by atoms with Crippen molar-refractivity contribution in [3.63, 3.8) is 0 Å². The molecule has 4 nitrogen and oxygen atoms in total. The molecule has 2 N–H and O–H groups in total. The molecule has 0 saturated heterocycles. The molecule has 0 aromatic carbocycles. The van der Waals surface area contributed by atoms with E-state index in [4.69, 9.17) is 5.11 Å². The summed E-state index contributed by atoms with van der Waals surface area (Å²) in [7, 11) is 1.55. The van der Waals surface area contributed by atoms with Crippen molar-refractivity contribution >= 4 is 11.9 Å². The van der Waals surface area contributed by atoms with Gasteiger partial charge in [0.05, 0.1) is 11.8 Å². The first-order valence-electron chi connectivity index (χ1n) is 4.61. The summed E-state index contributed by atoms with van der Waals surface area (Å²) in [5.74, 6) is -1.77. The second kappa shape index (κ2) is 4.25. The highest BCUT2D eigenvalue weighted by Gasteiger charge is 2.34. The maximum absolute atomic E-state index is 11.3. The zero-order valence-electron chi connectivity index (χ0n) is 7.75. The third kappa shape index (κ3) is 2.20. The molecule has 1 saturated carbocycles. The predicted octanol–water partition coefficient (Wildman–Crippen LogP) is 0.623. The van der Waals surface area contributed by atoms with Gasteiger partial charge in [0.25, 0.3) is 0 Å². The van der Waals surface area contributed by atoms with Gasteiger partial charge in [-0.1, -0.05) is 12.8 Å². The fourth-order valence-corrected chi connectivity index (χ4v) is 1.93. The zero-order chi connectivity index (χ0) is 9.84. The summed E-state index contributed by atoms with van der Waals surface area (Å²) in [6.07, 6.45) is 3.22. The van der Waals surface area contributed by atoms with Gasteiger partial charge in [-0.3, -0.25) is 9.59 Å². The number of carboxylic acid groups (broad SMARTS) is 1. The molecule has 0 bridgehead atoms. The first-order chi connectivity index (χ1) is 6.16. The van der Waals surface area contributed by atoms with Crippen LogP contribution in [0, 0.1) is 11.8 Å². The maximum atomic E-state index is 11.3. The van der Waals surface area contributed by atoms with Crippen molar-refractivity contribution in [3.8, 4) is 0 Å². The molecule has 0 aromatic rings.